The molecule has 2 heterocycles. The maximum Gasteiger partial charge on any atom is 0.0697 e. The van der Waals surface area contributed by atoms with Crippen molar-refractivity contribution in [3.63, 3.8) is 0 Å². The zero-order chi connectivity index (χ0) is 13.8. The molecular formula is C16H31N3O. The van der Waals surface area contributed by atoms with Gasteiger partial charge in [-0.3, -0.25) is 4.90 Å². The van der Waals surface area contributed by atoms with Crippen LogP contribution in [0.2, 0.25) is 0 Å². The first kappa shape index (κ1) is 14.8. The molecule has 2 N–H and O–H groups in total. The minimum absolute atomic E-state index is 0.286. The molecule has 1 spiro atoms. The van der Waals surface area contributed by atoms with Gasteiger partial charge in [-0.15, -0.1) is 0 Å². The van der Waals surface area contributed by atoms with Gasteiger partial charge in [0.1, 0.15) is 0 Å². The highest BCUT2D eigenvalue weighted by Gasteiger charge is 2.43. The molecule has 116 valence electrons. The lowest BCUT2D eigenvalue weighted by atomic mass is 9.73. The van der Waals surface area contributed by atoms with Gasteiger partial charge in [-0.1, -0.05) is 0 Å². The summed E-state index contributed by atoms with van der Waals surface area (Å²) in [4.78, 5) is 5.36. The van der Waals surface area contributed by atoms with Crippen LogP contribution in [-0.4, -0.2) is 67.3 Å². The van der Waals surface area contributed by atoms with Crippen molar-refractivity contribution in [2.24, 2.45) is 5.73 Å². The van der Waals surface area contributed by atoms with Gasteiger partial charge in [0, 0.05) is 25.7 Å². The third-order valence-electron chi connectivity index (χ3n) is 5.55. The molecule has 4 heteroatoms. The normalized spacial score (nSPS) is 31.9. The van der Waals surface area contributed by atoms with Crippen LogP contribution in [-0.2, 0) is 4.74 Å². The van der Waals surface area contributed by atoms with Crippen molar-refractivity contribution in [1.29, 1.82) is 0 Å². The van der Waals surface area contributed by atoms with E-state index in [1.165, 1.54) is 71.2 Å². The molecule has 0 aromatic carbocycles. The highest BCUT2D eigenvalue weighted by Crippen LogP contribution is 2.43. The molecule has 1 aliphatic carbocycles. The Morgan fingerprint density at radius 3 is 2.75 bits per heavy atom. The first-order valence-electron chi connectivity index (χ1n) is 8.62. The lowest BCUT2D eigenvalue weighted by molar-refractivity contribution is -0.148. The lowest BCUT2D eigenvalue weighted by Crippen LogP contribution is -2.52. The molecule has 0 aromatic heterocycles. The molecule has 1 unspecified atom stereocenters. The largest absolute Gasteiger partial charge is 0.375 e. The number of hydrogen-bond acceptors (Lipinski definition) is 4. The summed E-state index contributed by atoms with van der Waals surface area (Å²) in [6, 6.07) is 0.776. The summed E-state index contributed by atoms with van der Waals surface area (Å²) >= 11 is 0. The molecule has 0 radical (unpaired) electrons. The summed E-state index contributed by atoms with van der Waals surface area (Å²) in [5.74, 6) is 0. The number of rotatable bonds is 4. The molecule has 4 nitrogen and oxygen atoms in total. The quantitative estimate of drug-likeness (QED) is 0.847. The van der Waals surface area contributed by atoms with E-state index < -0.39 is 0 Å². The van der Waals surface area contributed by atoms with Gasteiger partial charge in [-0.05, 0) is 71.1 Å². The third-order valence-corrected chi connectivity index (χ3v) is 5.55. The van der Waals surface area contributed by atoms with E-state index in [4.69, 9.17) is 10.5 Å². The van der Waals surface area contributed by atoms with Crippen LogP contribution >= 0.6 is 0 Å². The summed E-state index contributed by atoms with van der Waals surface area (Å²) in [6.07, 6.45) is 8.97. The highest BCUT2D eigenvalue weighted by atomic mass is 16.5. The smallest absolute Gasteiger partial charge is 0.0697 e. The Morgan fingerprint density at radius 1 is 1.10 bits per heavy atom. The monoisotopic (exact) mass is 281 g/mol. The van der Waals surface area contributed by atoms with E-state index >= 15 is 0 Å². The molecule has 2 saturated heterocycles. The molecule has 20 heavy (non-hydrogen) atoms. The molecule has 3 aliphatic rings. The fraction of sp³-hybridized carbons (Fsp3) is 1.00. The van der Waals surface area contributed by atoms with Crippen LogP contribution in [0.5, 0.6) is 0 Å². The van der Waals surface area contributed by atoms with Gasteiger partial charge in [0.05, 0.1) is 5.60 Å². The van der Waals surface area contributed by atoms with Crippen molar-refractivity contribution in [3.05, 3.63) is 0 Å². The number of hydrogen-bond donors (Lipinski definition) is 1. The van der Waals surface area contributed by atoms with E-state index in [0.29, 0.717) is 0 Å². The Labute approximate surface area is 123 Å². The second-order valence-corrected chi connectivity index (χ2v) is 6.91. The standard InChI is InChI=1S/C16H31N3O/c17-7-2-8-18-9-3-10-19(12-11-18)15-4-13-20-16(14-15)5-1-6-16/h15H,1-14,17H2. The van der Waals surface area contributed by atoms with Gasteiger partial charge in [-0.25, -0.2) is 0 Å². The third kappa shape index (κ3) is 3.35. The van der Waals surface area contributed by atoms with Crippen LogP contribution in [0.15, 0.2) is 0 Å². The molecule has 0 aromatic rings. The zero-order valence-electron chi connectivity index (χ0n) is 12.9. The Morgan fingerprint density at radius 2 is 2.00 bits per heavy atom. The van der Waals surface area contributed by atoms with Gasteiger partial charge in [-0.2, -0.15) is 0 Å². The maximum atomic E-state index is 6.08. The average Bonchev–Trinajstić information content (AvgIpc) is 2.69. The lowest BCUT2D eigenvalue weighted by Gasteiger charge is -2.49. The second kappa shape index (κ2) is 6.73. The summed E-state index contributed by atoms with van der Waals surface area (Å²) < 4.78 is 6.08. The molecule has 3 fully saturated rings. The van der Waals surface area contributed by atoms with E-state index in [2.05, 4.69) is 9.80 Å². The first-order chi connectivity index (χ1) is 9.81. The Kier molecular flexibility index (Phi) is 4.97. The molecular weight excluding hydrogens is 250 g/mol. The van der Waals surface area contributed by atoms with E-state index in [1.807, 2.05) is 0 Å². The molecule has 2 aliphatic heterocycles. The summed E-state index contributed by atoms with van der Waals surface area (Å²) in [7, 11) is 0. The maximum absolute atomic E-state index is 6.08. The van der Waals surface area contributed by atoms with Crippen molar-refractivity contribution < 1.29 is 4.74 Å². The molecule has 0 bridgehead atoms. The summed E-state index contributed by atoms with van der Waals surface area (Å²) in [5, 5.41) is 0. The van der Waals surface area contributed by atoms with Crippen molar-refractivity contribution in [2.45, 2.75) is 56.6 Å². The van der Waals surface area contributed by atoms with E-state index in [-0.39, 0.29) is 5.60 Å². The average molecular weight is 281 g/mol. The van der Waals surface area contributed by atoms with Crippen LogP contribution in [0.4, 0.5) is 0 Å². The Bertz CT molecular complexity index is 306. The predicted molar refractivity (Wildman–Crippen MR) is 81.9 cm³/mol. The minimum atomic E-state index is 0.286. The fourth-order valence-electron chi connectivity index (χ4n) is 4.13. The molecule has 3 rings (SSSR count). The molecule has 1 atom stereocenters. The zero-order valence-corrected chi connectivity index (χ0v) is 12.9. The van der Waals surface area contributed by atoms with Gasteiger partial charge < -0.3 is 15.4 Å². The Balaban J connectivity index is 1.49. The molecule has 1 saturated carbocycles. The predicted octanol–water partition coefficient (Wildman–Crippen LogP) is 1.44. The van der Waals surface area contributed by atoms with E-state index in [1.54, 1.807) is 0 Å². The van der Waals surface area contributed by atoms with Crippen LogP contribution in [0.3, 0.4) is 0 Å². The van der Waals surface area contributed by atoms with Crippen LogP contribution in [0, 0.1) is 0 Å². The van der Waals surface area contributed by atoms with Crippen LogP contribution in [0.25, 0.3) is 0 Å². The number of nitrogens with zero attached hydrogens (tertiary/aromatic N) is 2. The van der Waals surface area contributed by atoms with E-state index in [9.17, 15) is 0 Å². The second-order valence-electron chi connectivity index (χ2n) is 6.91. The summed E-state index contributed by atoms with van der Waals surface area (Å²) in [5.41, 5.74) is 5.92. The topological polar surface area (TPSA) is 41.7 Å². The summed E-state index contributed by atoms with van der Waals surface area (Å²) in [6.45, 7) is 7.99. The first-order valence-corrected chi connectivity index (χ1v) is 8.62. The Hall–Kier alpha value is -0.160. The van der Waals surface area contributed by atoms with Crippen molar-refractivity contribution in [2.75, 3.05) is 45.9 Å². The highest BCUT2D eigenvalue weighted by molar-refractivity contribution is 4.97. The van der Waals surface area contributed by atoms with Gasteiger partial charge in [0.25, 0.3) is 0 Å². The van der Waals surface area contributed by atoms with Crippen LogP contribution < -0.4 is 5.73 Å². The SMILES string of the molecule is NCCCN1CCCN(C2CCOC3(CCC3)C2)CC1. The van der Waals surface area contributed by atoms with Gasteiger partial charge in [0.15, 0.2) is 0 Å². The van der Waals surface area contributed by atoms with Crippen molar-refractivity contribution >= 4 is 0 Å². The van der Waals surface area contributed by atoms with Crippen molar-refractivity contribution in [3.8, 4) is 0 Å². The van der Waals surface area contributed by atoms with Crippen molar-refractivity contribution in [1.82, 2.24) is 9.80 Å². The number of ether oxygens (including phenoxy) is 1. The van der Waals surface area contributed by atoms with Gasteiger partial charge in [0.2, 0.25) is 0 Å². The van der Waals surface area contributed by atoms with Gasteiger partial charge >= 0.3 is 0 Å². The van der Waals surface area contributed by atoms with E-state index in [0.717, 1.165) is 25.6 Å². The minimum Gasteiger partial charge on any atom is -0.375 e. The van der Waals surface area contributed by atoms with Crippen LogP contribution in [0.1, 0.15) is 44.9 Å². The molecule has 0 amide bonds. The number of nitrogens with two attached hydrogens (primary N) is 1. The fourth-order valence-corrected chi connectivity index (χ4v) is 4.13.